The first-order valence-corrected chi connectivity index (χ1v) is 10.4. The van der Waals surface area contributed by atoms with Crippen LogP contribution in [0.15, 0.2) is 47.3 Å². The van der Waals surface area contributed by atoms with Crippen molar-refractivity contribution in [3.8, 4) is 11.5 Å². The van der Waals surface area contributed by atoms with Crippen LogP contribution in [-0.2, 0) is 23.2 Å². The van der Waals surface area contributed by atoms with Gasteiger partial charge in [0.15, 0.2) is 11.5 Å². The number of nitrogens with zero attached hydrogens (tertiary/aromatic N) is 3. The average molecular weight is 441 g/mol. The molecule has 0 radical (unpaired) electrons. The Morgan fingerprint density at radius 2 is 1.66 bits per heavy atom. The molecule has 32 heavy (non-hydrogen) atoms. The van der Waals surface area contributed by atoms with E-state index in [1.165, 1.54) is 21.1 Å². The molecule has 0 unspecified atom stereocenters. The highest BCUT2D eigenvalue weighted by atomic mass is 16.5. The van der Waals surface area contributed by atoms with E-state index < -0.39 is 0 Å². The maximum absolute atomic E-state index is 12.7. The largest absolute Gasteiger partial charge is 0.490 e. The van der Waals surface area contributed by atoms with Gasteiger partial charge in [-0.3, -0.25) is 18.7 Å². The number of amides is 2. The molecule has 170 valence electrons. The van der Waals surface area contributed by atoms with Crippen LogP contribution in [0.5, 0.6) is 11.5 Å². The van der Waals surface area contributed by atoms with Crippen molar-refractivity contribution in [3.05, 3.63) is 52.9 Å². The molecule has 2 amide bonds. The molecule has 9 heteroatoms. The summed E-state index contributed by atoms with van der Waals surface area (Å²) in [6.07, 6.45) is 0. The SMILES string of the molecule is CCOc1ccc(NC(=O)CN(C)C(=O)Cn2c(=O)n(C)c3ccccc32)cc1OCC. The molecule has 1 N–H and O–H groups in total. The van der Waals surface area contributed by atoms with Crippen LogP contribution in [0.4, 0.5) is 5.69 Å². The molecule has 0 aliphatic heterocycles. The van der Waals surface area contributed by atoms with E-state index in [0.29, 0.717) is 35.9 Å². The number of hydrogen-bond acceptors (Lipinski definition) is 5. The summed E-state index contributed by atoms with van der Waals surface area (Å²) in [5, 5.41) is 2.76. The van der Waals surface area contributed by atoms with Gasteiger partial charge in [-0.25, -0.2) is 4.79 Å². The molecular weight excluding hydrogens is 412 g/mol. The quantitative estimate of drug-likeness (QED) is 0.551. The highest BCUT2D eigenvalue weighted by Gasteiger charge is 2.18. The second kappa shape index (κ2) is 10.0. The Labute approximate surface area is 186 Å². The molecule has 0 bridgehead atoms. The van der Waals surface area contributed by atoms with Gasteiger partial charge in [-0.1, -0.05) is 12.1 Å². The van der Waals surface area contributed by atoms with Gasteiger partial charge in [0.05, 0.1) is 30.8 Å². The van der Waals surface area contributed by atoms with Crippen LogP contribution in [0.3, 0.4) is 0 Å². The number of aromatic nitrogens is 2. The third-order valence-electron chi connectivity index (χ3n) is 4.98. The summed E-state index contributed by atoms with van der Waals surface area (Å²) in [6, 6.07) is 12.4. The zero-order chi connectivity index (χ0) is 23.3. The number of anilines is 1. The molecule has 0 saturated carbocycles. The summed E-state index contributed by atoms with van der Waals surface area (Å²) < 4.78 is 14.0. The van der Waals surface area contributed by atoms with Gasteiger partial charge in [0, 0.05) is 25.8 Å². The Morgan fingerprint density at radius 1 is 1.00 bits per heavy atom. The summed E-state index contributed by atoms with van der Waals surface area (Å²) in [7, 11) is 3.19. The van der Waals surface area contributed by atoms with Crippen LogP contribution >= 0.6 is 0 Å². The number of nitrogens with one attached hydrogen (secondary N) is 1. The fourth-order valence-electron chi connectivity index (χ4n) is 3.40. The molecule has 3 rings (SSSR count). The summed E-state index contributed by atoms with van der Waals surface area (Å²) in [6.45, 7) is 4.39. The highest BCUT2D eigenvalue weighted by Crippen LogP contribution is 2.30. The monoisotopic (exact) mass is 440 g/mol. The third-order valence-corrected chi connectivity index (χ3v) is 4.98. The van der Waals surface area contributed by atoms with Crippen LogP contribution in [0.25, 0.3) is 11.0 Å². The lowest BCUT2D eigenvalue weighted by atomic mass is 10.2. The van der Waals surface area contributed by atoms with Gasteiger partial charge in [-0.15, -0.1) is 0 Å². The summed E-state index contributed by atoms with van der Waals surface area (Å²) in [4.78, 5) is 39.0. The molecule has 1 aromatic heterocycles. The standard InChI is InChI=1S/C23H28N4O5/c1-5-31-19-12-11-16(13-20(19)32-6-2)24-21(28)14-25(3)22(29)15-27-18-10-8-7-9-17(18)26(4)23(27)30/h7-13H,5-6,14-15H2,1-4H3,(H,24,28). The van der Waals surface area contributed by atoms with Crippen molar-refractivity contribution in [1.82, 2.24) is 14.0 Å². The predicted molar refractivity (Wildman–Crippen MR) is 122 cm³/mol. The van der Waals surface area contributed by atoms with Crippen molar-refractivity contribution in [2.45, 2.75) is 20.4 Å². The van der Waals surface area contributed by atoms with E-state index in [-0.39, 0.29) is 30.6 Å². The molecule has 1 heterocycles. The topological polar surface area (TPSA) is 94.8 Å². The number of carbonyl (C=O) groups is 2. The fourth-order valence-corrected chi connectivity index (χ4v) is 3.40. The number of fused-ring (bicyclic) bond motifs is 1. The number of imidazole rings is 1. The van der Waals surface area contributed by atoms with E-state index in [0.717, 1.165) is 5.52 Å². The first-order valence-electron chi connectivity index (χ1n) is 10.4. The van der Waals surface area contributed by atoms with Crippen LogP contribution < -0.4 is 20.5 Å². The van der Waals surface area contributed by atoms with Crippen molar-refractivity contribution in [2.24, 2.45) is 7.05 Å². The number of benzene rings is 2. The number of likely N-dealkylation sites (N-methyl/N-ethyl adjacent to an activating group) is 1. The Balaban J connectivity index is 1.66. The minimum Gasteiger partial charge on any atom is -0.490 e. The second-order valence-electron chi connectivity index (χ2n) is 7.24. The van der Waals surface area contributed by atoms with Crippen molar-refractivity contribution < 1.29 is 19.1 Å². The molecule has 2 aromatic carbocycles. The summed E-state index contributed by atoms with van der Waals surface area (Å²) in [5.41, 5.74) is 1.67. The lowest BCUT2D eigenvalue weighted by Gasteiger charge is -2.18. The molecule has 0 aliphatic rings. The third kappa shape index (κ3) is 4.93. The minimum atomic E-state index is -0.363. The highest BCUT2D eigenvalue weighted by molar-refractivity contribution is 5.94. The molecule has 3 aromatic rings. The summed E-state index contributed by atoms with van der Waals surface area (Å²) in [5.74, 6) is 0.421. The van der Waals surface area contributed by atoms with Crippen LogP contribution in [0, 0.1) is 0 Å². The first-order chi connectivity index (χ1) is 15.3. The number of ether oxygens (including phenoxy) is 2. The maximum Gasteiger partial charge on any atom is 0.329 e. The minimum absolute atomic E-state index is 0.151. The van der Waals surface area contributed by atoms with Gasteiger partial charge < -0.3 is 19.7 Å². The zero-order valence-electron chi connectivity index (χ0n) is 18.8. The Morgan fingerprint density at radius 3 is 2.34 bits per heavy atom. The normalized spacial score (nSPS) is 10.8. The van der Waals surface area contributed by atoms with E-state index in [1.807, 2.05) is 32.0 Å². The molecule has 0 spiro atoms. The lowest BCUT2D eigenvalue weighted by Crippen LogP contribution is -2.38. The van der Waals surface area contributed by atoms with Gasteiger partial charge in [-0.2, -0.15) is 0 Å². The van der Waals surface area contributed by atoms with Crippen LogP contribution in [-0.4, -0.2) is 52.7 Å². The maximum atomic E-state index is 12.7. The number of carbonyl (C=O) groups excluding carboxylic acids is 2. The fraction of sp³-hybridized carbons (Fsp3) is 0.348. The molecular formula is C23H28N4O5. The average Bonchev–Trinajstić information content (AvgIpc) is 3.00. The molecule has 0 saturated heterocycles. The van der Waals surface area contributed by atoms with E-state index in [9.17, 15) is 14.4 Å². The van der Waals surface area contributed by atoms with E-state index in [1.54, 1.807) is 31.3 Å². The lowest BCUT2D eigenvalue weighted by molar-refractivity contribution is -0.133. The van der Waals surface area contributed by atoms with Crippen molar-refractivity contribution in [1.29, 1.82) is 0 Å². The van der Waals surface area contributed by atoms with Gasteiger partial charge in [-0.05, 0) is 38.1 Å². The van der Waals surface area contributed by atoms with Crippen LogP contribution in [0.1, 0.15) is 13.8 Å². The number of para-hydroxylation sites is 2. The second-order valence-corrected chi connectivity index (χ2v) is 7.24. The van der Waals surface area contributed by atoms with Gasteiger partial charge >= 0.3 is 5.69 Å². The molecule has 0 atom stereocenters. The van der Waals surface area contributed by atoms with E-state index >= 15 is 0 Å². The number of hydrogen-bond donors (Lipinski definition) is 1. The van der Waals surface area contributed by atoms with Crippen molar-refractivity contribution >= 4 is 28.5 Å². The molecule has 0 aliphatic carbocycles. The number of aryl methyl sites for hydroxylation is 1. The Hall–Kier alpha value is -3.75. The van der Waals surface area contributed by atoms with Crippen molar-refractivity contribution in [2.75, 3.05) is 32.1 Å². The van der Waals surface area contributed by atoms with Crippen LogP contribution in [0.2, 0.25) is 0 Å². The van der Waals surface area contributed by atoms with Gasteiger partial charge in [0.25, 0.3) is 0 Å². The molecule has 9 nitrogen and oxygen atoms in total. The zero-order valence-corrected chi connectivity index (χ0v) is 18.8. The van der Waals surface area contributed by atoms with E-state index in [4.69, 9.17) is 9.47 Å². The number of rotatable bonds is 9. The first kappa shape index (κ1) is 22.9. The Kier molecular flexibility index (Phi) is 7.19. The smallest absolute Gasteiger partial charge is 0.329 e. The van der Waals surface area contributed by atoms with Crippen molar-refractivity contribution in [3.63, 3.8) is 0 Å². The summed E-state index contributed by atoms with van der Waals surface area (Å²) >= 11 is 0. The Bertz CT molecular complexity index is 1180. The predicted octanol–water partition coefficient (Wildman–Crippen LogP) is 2.23. The van der Waals surface area contributed by atoms with Gasteiger partial charge in [0.1, 0.15) is 6.54 Å². The van der Waals surface area contributed by atoms with E-state index in [2.05, 4.69) is 5.32 Å². The molecule has 0 fully saturated rings. The van der Waals surface area contributed by atoms with Gasteiger partial charge in [0.2, 0.25) is 11.8 Å².